The fraction of sp³-hybridized carbons (Fsp3) is 0.412. The van der Waals surface area contributed by atoms with Crippen LogP contribution in [0.3, 0.4) is 0 Å². The van der Waals surface area contributed by atoms with Gasteiger partial charge in [0.15, 0.2) is 5.16 Å². The van der Waals surface area contributed by atoms with E-state index in [1.165, 1.54) is 23.9 Å². The van der Waals surface area contributed by atoms with Gasteiger partial charge < -0.3 is 15.6 Å². The van der Waals surface area contributed by atoms with Crippen LogP contribution in [0.5, 0.6) is 0 Å². The lowest BCUT2D eigenvalue weighted by atomic mass is 10.00. The number of aromatic nitrogens is 2. The summed E-state index contributed by atoms with van der Waals surface area (Å²) in [5.74, 6) is -0.291. The number of halogens is 2. The van der Waals surface area contributed by atoms with E-state index in [4.69, 9.17) is 5.73 Å². The molecular weight excluding hydrogens is 363 g/mol. The zero-order valence-electron chi connectivity index (χ0n) is 13.9. The Bertz CT molecular complexity index is 739. The molecule has 1 amide bonds. The van der Waals surface area contributed by atoms with Gasteiger partial charge in [-0.2, -0.15) is 0 Å². The number of nitrogens with one attached hydrogen (secondary N) is 1. The molecule has 1 aromatic carbocycles. The first-order valence-corrected chi connectivity index (χ1v) is 8.85. The van der Waals surface area contributed by atoms with E-state index >= 15 is 0 Å². The molecule has 1 saturated carbocycles. The fourth-order valence-corrected chi connectivity index (χ4v) is 3.87. The van der Waals surface area contributed by atoms with Crippen molar-refractivity contribution in [3.05, 3.63) is 36.4 Å². The molecule has 1 heterocycles. The van der Waals surface area contributed by atoms with Gasteiger partial charge in [-0.25, -0.2) is 9.37 Å². The van der Waals surface area contributed by atoms with Gasteiger partial charge in [0.25, 0.3) is 0 Å². The maximum Gasteiger partial charge on any atom is 0.224 e. The first-order valence-electron chi connectivity index (χ1n) is 8.03. The van der Waals surface area contributed by atoms with E-state index in [1.54, 1.807) is 12.3 Å². The van der Waals surface area contributed by atoms with Crippen LogP contribution in [0.4, 0.5) is 10.1 Å². The molecule has 3 N–H and O–H groups in total. The molecule has 1 fully saturated rings. The van der Waals surface area contributed by atoms with Crippen LogP contribution in [0, 0.1) is 11.7 Å². The van der Waals surface area contributed by atoms with E-state index in [0.717, 1.165) is 29.3 Å². The van der Waals surface area contributed by atoms with E-state index in [0.29, 0.717) is 12.1 Å². The Balaban J connectivity index is 0.00000225. The summed E-state index contributed by atoms with van der Waals surface area (Å²) >= 11 is 1.39. The second kappa shape index (κ2) is 8.69. The zero-order chi connectivity index (χ0) is 17.1. The number of benzene rings is 1. The first kappa shape index (κ1) is 19.8. The Morgan fingerprint density at radius 2 is 2.28 bits per heavy atom. The third-order valence-corrected chi connectivity index (χ3v) is 5.51. The van der Waals surface area contributed by atoms with Gasteiger partial charge in [-0.15, -0.1) is 12.4 Å². The lowest BCUT2D eigenvalue weighted by Crippen LogP contribution is -2.28. The van der Waals surface area contributed by atoms with Crippen LogP contribution < -0.4 is 11.1 Å². The number of nitrogens with zero attached hydrogens (tertiary/aromatic N) is 2. The number of anilines is 1. The SMILES string of the molecule is Cl.Cn1ccnc1Sc1ccc(F)cc1NC(=O)C[C@@H]1CCC[C@H]1N. The normalized spacial score (nSPS) is 19.5. The van der Waals surface area contributed by atoms with Crippen molar-refractivity contribution in [1.29, 1.82) is 0 Å². The van der Waals surface area contributed by atoms with Crippen LogP contribution in [0.25, 0.3) is 0 Å². The Morgan fingerprint density at radius 1 is 1.48 bits per heavy atom. The molecule has 0 spiro atoms. The molecule has 1 aliphatic carbocycles. The van der Waals surface area contributed by atoms with Crippen molar-refractivity contribution in [3.8, 4) is 0 Å². The van der Waals surface area contributed by atoms with Crippen LogP contribution in [-0.2, 0) is 11.8 Å². The molecule has 3 rings (SSSR count). The molecule has 25 heavy (non-hydrogen) atoms. The Labute approximate surface area is 157 Å². The highest BCUT2D eigenvalue weighted by Crippen LogP contribution is 2.33. The summed E-state index contributed by atoms with van der Waals surface area (Å²) < 4.78 is 15.5. The predicted octanol–water partition coefficient (Wildman–Crippen LogP) is 3.59. The number of aryl methyl sites for hydroxylation is 1. The molecule has 8 heteroatoms. The van der Waals surface area contributed by atoms with Crippen molar-refractivity contribution in [2.75, 3.05) is 5.32 Å². The largest absolute Gasteiger partial charge is 0.329 e. The minimum absolute atomic E-state index is 0. The van der Waals surface area contributed by atoms with Gasteiger partial charge in [-0.05, 0) is 48.7 Å². The quantitative estimate of drug-likeness (QED) is 0.826. The number of rotatable bonds is 5. The number of hydrogen-bond donors (Lipinski definition) is 2. The summed E-state index contributed by atoms with van der Waals surface area (Å²) in [7, 11) is 1.89. The zero-order valence-corrected chi connectivity index (χ0v) is 15.6. The van der Waals surface area contributed by atoms with E-state index in [2.05, 4.69) is 10.3 Å². The summed E-state index contributed by atoms with van der Waals surface area (Å²) in [5.41, 5.74) is 6.50. The molecule has 1 aliphatic rings. The fourth-order valence-electron chi connectivity index (χ4n) is 3.00. The molecular formula is C17H22ClFN4OS. The number of hydrogen-bond acceptors (Lipinski definition) is 4. The summed E-state index contributed by atoms with van der Waals surface area (Å²) in [4.78, 5) is 17.3. The minimum atomic E-state index is -0.382. The molecule has 2 atom stereocenters. The standard InChI is InChI=1S/C17H21FN4OS.ClH/c1-22-8-7-20-17(22)24-15-6-5-12(18)10-14(15)21-16(23)9-11-3-2-4-13(11)19;/h5-8,10-11,13H,2-4,9,19H2,1H3,(H,21,23);1H/t11-,13+;/m0./s1. The second-order valence-corrected chi connectivity index (χ2v) is 7.18. The highest BCUT2D eigenvalue weighted by molar-refractivity contribution is 7.99. The highest BCUT2D eigenvalue weighted by atomic mass is 35.5. The van der Waals surface area contributed by atoms with Crippen molar-refractivity contribution in [2.24, 2.45) is 18.7 Å². The monoisotopic (exact) mass is 384 g/mol. The average Bonchev–Trinajstić information content (AvgIpc) is 3.11. The molecule has 1 aromatic heterocycles. The van der Waals surface area contributed by atoms with Gasteiger partial charge in [-0.1, -0.05) is 6.42 Å². The van der Waals surface area contributed by atoms with Crippen LogP contribution in [0.1, 0.15) is 25.7 Å². The van der Waals surface area contributed by atoms with Gasteiger partial charge in [0, 0.05) is 36.8 Å². The molecule has 2 aromatic rings. The van der Waals surface area contributed by atoms with Crippen molar-refractivity contribution >= 4 is 35.8 Å². The van der Waals surface area contributed by atoms with Gasteiger partial charge in [0.1, 0.15) is 5.82 Å². The third kappa shape index (κ3) is 4.96. The van der Waals surface area contributed by atoms with Gasteiger partial charge in [0.2, 0.25) is 5.91 Å². The van der Waals surface area contributed by atoms with Crippen LogP contribution in [-0.4, -0.2) is 21.5 Å². The maximum absolute atomic E-state index is 13.6. The summed E-state index contributed by atoms with van der Waals surface area (Å²) in [6, 6.07) is 4.47. The topological polar surface area (TPSA) is 72.9 Å². The van der Waals surface area contributed by atoms with Crippen LogP contribution in [0.15, 0.2) is 40.6 Å². The number of carbonyl (C=O) groups is 1. The molecule has 5 nitrogen and oxygen atoms in total. The van der Waals surface area contributed by atoms with Crippen LogP contribution in [0.2, 0.25) is 0 Å². The maximum atomic E-state index is 13.6. The predicted molar refractivity (Wildman–Crippen MR) is 99.5 cm³/mol. The Hall–Kier alpha value is -1.57. The number of carbonyl (C=O) groups excluding carboxylic acids is 1. The minimum Gasteiger partial charge on any atom is -0.329 e. The molecule has 136 valence electrons. The van der Waals surface area contributed by atoms with Crippen molar-refractivity contribution in [3.63, 3.8) is 0 Å². The number of amides is 1. The van der Waals surface area contributed by atoms with E-state index in [1.807, 2.05) is 17.8 Å². The third-order valence-electron chi connectivity index (χ3n) is 4.36. The smallest absolute Gasteiger partial charge is 0.224 e. The second-order valence-electron chi connectivity index (χ2n) is 6.17. The Morgan fingerprint density at radius 3 is 2.92 bits per heavy atom. The van der Waals surface area contributed by atoms with Crippen LogP contribution >= 0.6 is 24.2 Å². The highest BCUT2D eigenvalue weighted by Gasteiger charge is 2.26. The number of imidazole rings is 1. The Kier molecular flexibility index (Phi) is 6.87. The lowest BCUT2D eigenvalue weighted by Gasteiger charge is -2.16. The lowest BCUT2D eigenvalue weighted by molar-refractivity contribution is -0.117. The summed E-state index contributed by atoms with van der Waals surface area (Å²) in [6.45, 7) is 0. The van der Waals surface area contributed by atoms with Crippen molar-refractivity contribution in [2.45, 2.75) is 41.8 Å². The van der Waals surface area contributed by atoms with Crippen molar-refractivity contribution in [1.82, 2.24) is 9.55 Å². The first-order chi connectivity index (χ1) is 11.5. The van der Waals surface area contributed by atoms with Gasteiger partial charge >= 0.3 is 0 Å². The average molecular weight is 385 g/mol. The van der Waals surface area contributed by atoms with E-state index in [9.17, 15) is 9.18 Å². The molecule has 0 saturated heterocycles. The summed E-state index contributed by atoms with van der Waals surface area (Å²) in [6.07, 6.45) is 6.94. The number of nitrogens with two attached hydrogens (primary N) is 1. The molecule has 0 bridgehead atoms. The van der Waals surface area contributed by atoms with E-state index < -0.39 is 0 Å². The molecule has 0 aliphatic heterocycles. The van der Waals surface area contributed by atoms with Gasteiger partial charge in [-0.3, -0.25) is 4.79 Å². The molecule has 0 unspecified atom stereocenters. The van der Waals surface area contributed by atoms with Crippen molar-refractivity contribution < 1.29 is 9.18 Å². The summed E-state index contributed by atoms with van der Waals surface area (Å²) in [5, 5.41) is 3.61. The molecule has 0 radical (unpaired) electrons. The van der Waals surface area contributed by atoms with Gasteiger partial charge in [0.05, 0.1) is 5.69 Å². The van der Waals surface area contributed by atoms with E-state index in [-0.39, 0.29) is 36.1 Å².